The molecular weight excluding hydrogens is 268 g/mol. The van der Waals surface area contributed by atoms with Crippen LogP contribution in [0.5, 0.6) is 0 Å². The number of nitrogens with zero attached hydrogens (tertiary/aromatic N) is 1. The number of carboxylic acids is 1. The zero-order valence-electron chi connectivity index (χ0n) is 11.9. The summed E-state index contributed by atoms with van der Waals surface area (Å²) in [4.78, 5) is 34.6. The summed E-state index contributed by atoms with van der Waals surface area (Å²) in [5.41, 5.74) is 0. The van der Waals surface area contributed by atoms with Crippen molar-refractivity contribution < 1.29 is 29.0 Å². The lowest BCUT2D eigenvalue weighted by atomic mass is 10.3. The first kappa shape index (κ1) is 18.2. The van der Waals surface area contributed by atoms with Gasteiger partial charge in [0, 0.05) is 26.6 Å². The Labute approximate surface area is 118 Å². The SMILES string of the molecule is CCOC(=O)CCCNC(=O)N(CCOC)CC(=O)O. The maximum Gasteiger partial charge on any atom is 0.323 e. The van der Waals surface area contributed by atoms with Gasteiger partial charge in [0.15, 0.2) is 0 Å². The Morgan fingerprint density at radius 1 is 1.30 bits per heavy atom. The number of hydrogen-bond donors (Lipinski definition) is 2. The van der Waals surface area contributed by atoms with Gasteiger partial charge in [0.05, 0.1) is 13.2 Å². The predicted octanol–water partition coefficient (Wildman–Crippen LogP) is 0.0723. The minimum atomic E-state index is -1.09. The van der Waals surface area contributed by atoms with Crippen LogP contribution in [0.4, 0.5) is 4.79 Å². The fraction of sp³-hybridized carbons (Fsp3) is 0.750. The number of urea groups is 1. The molecule has 0 aromatic rings. The summed E-state index contributed by atoms with van der Waals surface area (Å²) in [5.74, 6) is -1.41. The van der Waals surface area contributed by atoms with Gasteiger partial charge in [0.2, 0.25) is 0 Å². The molecule has 0 radical (unpaired) electrons. The van der Waals surface area contributed by atoms with E-state index in [-0.39, 0.29) is 32.1 Å². The molecule has 2 N–H and O–H groups in total. The molecule has 0 atom stereocenters. The normalized spacial score (nSPS) is 9.90. The highest BCUT2D eigenvalue weighted by atomic mass is 16.5. The minimum Gasteiger partial charge on any atom is -0.480 e. The van der Waals surface area contributed by atoms with Gasteiger partial charge in [0.1, 0.15) is 6.54 Å². The lowest BCUT2D eigenvalue weighted by molar-refractivity contribution is -0.143. The van der Waals surface area contributed by atoms with Gasteiger partial charge in [-0.3, -0.25) is 9.59 Å². The molecule has 0 aromatic heterocycles. The number of carboxylic acid groups (broad SMARTS) is 1. The van der Waals surface area contributed by atoms with E-state index < -0.39 is 18.5 Å². The van der Waals surface area contributed by atoms with Crippen molar-refractivity contribution >= 4 is 18.0 Å². The van der Waals surface area contributed by atoms with Gasteiger partial charge >= 0.3 is 18.0 Å². The van der Waals surface area contributed by atoms with Crippen LogP contribution in [0.25, 0.3) is 0 Å². The zero-order valence-corrected chi connectivity index (χ0v) is 11.9. The van der Waals surface area contributed by atoms with Gasteiger partial charge in [-0.2, -0.15) is 0 Å². The van der Waals surface area contributed by atoms with Crippen molar-refractivity contribution in [2.45, 2.75) is 19.8 Å². The number of methoxy groups -OCH3 is 1. The first-order valence-corrected chi connectivity index (χ1v) is 6.40. The summed E-state index contributed by atoms with van der Waals surface area (Å²) in [6.07, 6.45) is 0.654. The molecular formula is C12H22N2O6. The number of esters is 1. The van der Waals surface area contributed by atoms with Crippen LogP contribution in [0.2, 0.25) is 0 Å². The molecule has 0 heterocycles. The molecule has 0 spiro atoms. The number of amides is 2. The van der Waals surface area contributed by atoms with Crippen LogP contribution in [0, 0.1) is 0 Å². The van der Waals surface area contributed by atoms with Crippen LogP contribution in [0.15, 0.2) is 0 Å². The average molecular weight is 290 g/mol. The summed E-state index contributed by atoms with van der Waals surface area (Å²) in [6.45, 7) is 2.37. The minimum absolute atomic E-state index is 0.187. The summed E-state index contributed by atoms with van der Waals surface area (Å²) in [5, 5.41) is 11.3. The summed E-state index contributed by atoms with van der Waals surface area (Å²) >= 11 is 0. The quantitative estimate of drug-likeness (QED) is 0.436. The topological polar surface area (TPSA) is 105 Å². The Morgan fingerprint density at radius 2 is 2.00 bits per heavy atom. The number of nitrogens with one attached hydrogen (secondary N) is 1. The van der Waals surface area contributed by atoms with E-state index in [4.69, 9.17) is 14.6 Å². The average Bonchev–Trinajstić information content (AvgIpc) is 2.39. The molecule has 0 aliphatic rings. The van der Waals surface area contributed by atoms with Crippen molar-refractivity contribution in [2.24, 2.45) is 0 Å². The number of carbonyl (C=O) groups is 3. The van der Waals surface area contributed by atoms with E-state index in [1.165, 1.54) is 7.11 Å². The lowest BCUT2D eigenvalue weighted by Crippen LogP contribution is -2.44. The largest absolute Gasteiger partial charge is 0.480 e. The molecule has 0 aromatic carbocycles. The van der Waals surface area contributed by atoms with Crippen LogP contribution in [-0.2, 0) is 19.1 Å². The Morgan fingerprint density at radius 3 is 2.55 bits per heavy atom. The van der Waals surface area contributed by atoms with Crippen molar-refractivity contribution in [1.82, 2.24) is 10.2 Å². The molecule has 20 heavy (non-hydrogen) atoms. The van der Waals surface area contributed by atoms with Gasteiger partial charge in [0.25, 0.3) is 0 Å². The first-order valence-electron chi connectivity index (χ1n) is 6.40. The monoisotopic (exact) mass is 290 g/mol. The van der Waals surface area contributed by atoms with Crippen LogP contribution in [0.3, 0.4) is 0 Å². The van der Waals surface area contributed by atoms with E-state index in [0.717, 1.165) is 4.90 Å². The molecule has 0 bridgehead atoms. The maximum absolute atomic E-state index is 11.7. The van der Waals surface area contributed by atoms with Gasteiger partial charge in [-0.25, -0.2) is 4.79 Å². The Bertz CT molecular complexity index is 321. The first-order chi connectivity index (χ1) is 9.51. The van der Waals surface area contributed by atoms with Crippen molar-refractivity contribution in [1.29, 1.82) is 0 Å². The van der Waals surface area contributed by atoms with E-state index in [1.807, 2.05) is 0 Å². The van der Waals surface area contributed by atoms with Crippen LogP contribution < -0.4 is 5.32 Å². The summed E-state index contributed by atoms with van der Waals surface area (Å²) < 4.78 is 9.56. The van der Waals surface area contributed by atoms with Crippen molar-refractivity contribution in [3.63, 3.8) is 0 Å². The van der Waals surface area contributed by atoms with E-state index in [1.54, 1.807) is 6.92 Å². The molecule has 8 nitrogen and oxygen atoms in total. The van der Waals surface area contributed by atoms with Gasteiger partial charge < -0.3 is 24.8 Å². The van der Waals surface area contributed by atoms with Gasteiger partial charge in [-0.05, 0) is 13.3 Å². The van der Waals surface area contributed by atoms with E-state index in [0.29, 0.717) is 13.0 Å². The van der Waals surface area contributed by atoms with Crippen molar-refractivity contribution in [2.75, 3.05) is 40.0 Å². The molecule has 2 amide bonds. The van der Waals surface area contributed by atoms with E-state index in [2.05, 4.69) is 5.32 Å². The van der Waals surface area contributed by atoms with E-state index in [9.17, 15) is 14.4 Å². The third kappa shape index (κ3) is 9.15. The number of aliphatic carboxylic acids is 1. The number of ether oxygens (including phenoxy) is 2. The molecule has 0 aliphatic carbocycles. The smallest absolute Gasteiger partial charge is 0.323 e. The van der Waals surface area contributed by atoms with Crippen LogP contribution >= 0.6 is 0 Å². The highest BCUT2D eigenvalue weighted by Gasteiger charge is 2.15. The fourth-order valence-corrected chi connectivity index (χ4v) is 1.39. The van der Waals surface area contributed by atoms with E-state index >= 15 is 0 Å². The maximum atomic E-state index is 11.7. The highest BCUT2D eigenvalue weighted by molar-refractivity contribution is 5.80. The number of rotatable bonds is 10. The van der Waals surface area contributed by atoms with Gasteiger partial charge in [-0.15, -0.1) is 0 Å². The second kappa shape index (κ2) is 11.0. The third-order valence-electron chi connectivity index (χ3n) is 2.32. The molecule has 0 aliphatic heterocycles. The molecule has 116 valence electrons. The second-order valence-corrected chi connectivity index (χ2v) is 3.95. The second-order valence-electron chi connectivity index (χ2n) is 3.95. The van der Waals surface area contributed by atoms with Gasteiger partial charge in [-0.1, -0.05) is 0 Å². The summed E-state index contributed by atoms with van der Waals surface area (Å²) in [7, 11) is 1.47. The number of hydrogen-bond acceptors (Lipinski definition) is 5. The standard InChI is InChI=1S/C12H22N2O6/c1-3-20-11(17)5-4-6-13-12(18)14(7-8-19-2)9-10(15)16/h3-9H2,1-2H3,(H,13,18)(H,15,16). The Balaban J connectivity index is 3.99. The molecule has 0 saturated heterocycles. The zero-order chi connectivity index (χ0) is 15.4. The highest BCUT2D eigenvalue weighted by Crippen LogP contribution is 1.94. The van der Waals surface area contributed by atoms with Crippen molar-refractivity contribution in [3.05, 3.63) is 0 Å². The molecule has 0 fully saturated rings. The molecule has 0 unspecified atom stereocenters. The number of carbonyl (C=O) groups excluding carboxylic acids is 2. The molecule has 0 rings (SSSR count). The lowest BCUT2D eigenvalue weighted by Gasteiger charge is -2.20. The van der Waals surface area contributed by atoms with Crippen LogP contribution in [0.1, 0.15) is 19.8 Å². The molecule has 8 heteroatoms. The predicted molar refractivity (Wildman–Crippen MR) is 70.4 cm³/mol. The summed E-state index contributed by atoms with van der Waals surface area (Å²) in [6, 6.07) is -0.492. The fourth-order valence-electron chi connectivity index (χ4n) is 1.39. The Kier molecular flexibility index (Phi) is 10.0. The Hall–Kier alpha value is -1.83. The third-order valence-corrected chi connectivity index (χ3v) is 2.32. The molecule has 0 saturated carbocycles. The van der Waals surface area contributed by atoms with Crippen LogP contribution in [-0.4, -0.2) is 67.9 Å². The van der Waals surface area contributed by atoms with Crippen molar-refractivity contribution in [3.8, 4) is 0 Å².